The molecule has 0 aromatic heterocycles. The van der Waals surface area contributed by atoms with Crippen LogP contribution in [0.1, 0.15) is 10.4 Å². The highest BCUT2D eigenvalue weighted by Crippen LogP contribution is 2.40. The van der Waals surface area contributed by atoms with Gasteiger partial charge in [0.05, 0.1) is 0 Å². The second kappa shape index (κ2) is 8.75. The molecule has 0 aliphatic carbocycles. The van der Waals surface area contributed by atoms with Gasteiger partial charge in [0.15, 0.2) is 11.5 Å². The molecule has 16 heteroatoms. The van der Waals surface area contributed by atoms with E-state index >= 15 is 0 Å². The third-order valence-electron chi connectivity index (χ3n) is 3.13. The number of halogens is 7. The Morgan fingerprint density at radius 3 is 1.81 bits per heavy atom. The highest BCUT2D eigenvalue weighted by molar-refractivity contribution is 6.58. The van der Waals surface area contributed by atoms with Gasteiger partial charge in [-0.2, -0.15) is 0 Å². The molecule has 0 spiro atoms. The number of carboxylic acid groups (broad SMARTS) is 1. The maximum atomic E-state index is 14.1. The molecule has 0 aliphatic heterocycles. The van der Waals surface area contributed by atoms with E-state index < -0.39 is 64.1 Å². The number of hydrogen-bond acceptors (Lipinski definition) is 5. The summed E-state index contributed by atoms with van der Waals surface area (Å²) in [6.45, 7) is 0. The summed E-state index contributed by atoms with van der Waals surface area (Å²) in [7, 11) is 15.7. The Kier molecular flexibility index (Phi) is 6.86. The zero-order valence-electron chi connectivity index (χ0n) is 15.3. The van der Waals surface area contributed by atoms with E-state index in [-0.39, 0.29) is 6.07 Å². The Balaban J connectivity index is 2.57. The zero-order valence-corrected chi connectivity index (χ0v) is 15.3. The molecule has 32 heavy (non-hydrogen) atoms. The van der Waals surface area contributed by atoms with Crippen LogP contribution in [0.25, 0.3) is 0 Å². The minimum Gasteiger partial charge on any atom is -0.512 e. The smallest absolute Gasteiger partial charge is 0.512 e. The zero-order chi connectivity index (χ0) is 24.5. The van der Waals surface area contributed by atoms with Gasteiger partial charge in [0.2, 0.25) is 0 Å². The SMILES string of the molecule is [B]C([B])([B])Oc1cc(OC(F)(F)F)ccc1Oc1cc(OC(F)(F)F)cc(F)c1C(=O)O. The molecule has 0 amide bonds. The van der Waals surface area contributed by atoms with Gasteiger partial charge in [-0.05, 0) is 17.4 Å². The molecule has 2 rings (SSSR count). The van der Waals surface area contributed by atoms with Gasteiger partial charge in [-0.3, -0.25) is 0 Å². The Morgan fingerprint density at radius 2 is 1.31 bits per heavy atom. The van der Waals surface area contributed by atoms with Crippen molar-refractivity contribution in [1.29, 1.82) is 0 Å². The van der Waals surface area contributed by atoms with Gasteiger partial charge >= 0.3 is 18.7 Å². The first kappa shape index (κ1) is 25.1. The third-order valence-corrected chi connectivity index (χ3v) is 3.13. The largest absolute Gasteiger partial charge is 0.573 e. The first-order valence-corrected chi connectivity index (χ1v) is 7.89. The molecule has 0 unspecified atom stereocenters. The fourth-order valence-electron chi connectivity index (χ4n) is 2.20. The summed E-state index contributed by atoms with van der Waals surface area (Å²) >= 11 is 0. The Labute approximate surface area is 178 Å². The second-order valence-electron chi connectivity index (χ2n) is 5.85. The standard InChI is InChI=1S/C16H6B3F7O6/c17-14(18,19)32-10-4-6(30-15(21,22)23)1-2-9(10)29-11-5-7(31-16(24,25)26)3-8(20)12(11)13(27)28/h1-5H,(H,27,28). The molecule has 0 bridgehead atoms. The summed E-state index contributed by atoms with van der Waals surface area (Å²) in [6.07, 6.45) is -10.4. The lowest BCUT2D eigenvalue weighted by atomic mass is 9.52. The maximum Gasteiger partial charge on any atom is 0.573 e. The van der Waals surface area contributed by atoms with E-state index in [1.807, 2.05) is 0 Å². The molecule has 0 aliphatic rings. The number of carbonyl (C=O) groups is 1. The number of ether oxygens (including phenoxy) is 4. The Hall–Kier alpha value is -3.19. The van der Waals surface area contributed by atoms with Gasteiger partial charge in [0.1, 0.15) is 52.2 Å². The monoisotopic (exact) mass is 460 g/mol. The third kappa shape index (κ3) is 7.50. The van der Waals surface area contributed by atoms with Gasteiger partial charge in [-0.1, -0.05) is 0 Å². The van der Waals surface area contributed by atoms with Crippen LogP contribution in [0.5, 0.6) is 28.7 Å². The van der Waals surface area contributed by atoms with Gasteiger partial charge in [0, 0.05) is 18.2 Å². The highest BCUT2D eigenvalue weighted by Gasteiger charge is 2.33. The van der Waals surface area contributed by atoms with Crippen LogP contribution >= 0.6 is 0 Å². The van der Waals surface area contributed by atoms with Gasteiger partial charge in [-0.25, -0.2) is 9.18 Å². The van der Waals surface area contributed by atoms with E-state index in [0.29, 0.717) is 24.3 Å². The minimum atomic E-state index is -5.27. The lowest BCUT2D eigenvalue weighted by molar-refractivity contribution is -0.275. The number of carboxylic acids is 1. The quantitative estimate of drug-likeness (QED) is 0.504. The number of aromatic carboxylic acids is 1. The topological polar surface area (TPSA) is 74.2 Å². The average Bonchev–Trinajstić information content (AvgIpc) is 2.51. The maximum absolute atomic E-state index is 14.1. The fraction of sp³-hybridized carbons (Fsp3) is 0.188. The molecular formula is C16H6B3F7O6. The molecular weight excluding hydrogens is 454 g/mol. The molecule has 2 aromatic rings. The van der Waals surface area contributed by atoms with Crippen molar-refractivity contribution in [3.63, 3.8) is 0 Å². The van der Waals surface area contributed by atoms with Crippen LogP contribution in [0, 0.1) is 5.82 Å². The van der Waals surface area contributed by atoms with E-state index in [0.717, 1.165) is 0 Å². The molecule has 1 N–H and O–H groups in total. The lowest BCUT2D eigenvalue weighted by Crippen LogP contribution is -2.37. The summed E-state index contributed by atoms with van der Waals surface area (Å²) in [4.78, 5) is 11.3. The molecule has 0 fully saturated rings. The van der Waals surface area contributed by atoms with Crippen LogP contribution in [0.4, 0.5) is 30.7 Å². The van der Waals surface area contributed by atoms with E-state index in [4.69, 9.17) is 38.1 Å². The fourth-order valence-corrected chi connectivity index (χ4v) is 2.20. The minimum absolute atomic E-state index is 0.131. The van der Waals surface area contributed by atoms with Crippen LogP contribution < -0.4 is 18.9 Å². The van der Waals surface area contributed by atoms with Crippen molar-refractivity contribution in [3.8, 4) is 28.7 Å². The normalized spacial score (nSPS) is 12.2. The van der Waals surface area contributed by atoms with Crippen molar-refractivity contribution in [1.82, 2.24) is 0 Å². The predicted molar refractivity (Wildman–Crippen MR) is 93.9 cm³/mol. The van der Waals surface area contributed by atoms with Gasteiger partial charge in [0.25, 0.3) is 0 Å². The summed E-state index contributed by atoms with van der Waals surface area (Å²) in [5.74, 6) is -8.19. The molecule has 6 nitrogen and oxygen atoms in total. The number of rotatable bonds is 7. The first-order chi connectivity index (χ1) is 14.4. The molecule has 0 atom stereocenters. The van der Waals surface area contributed by atoms with Crippen molar-refractivity contribution < 1.29 is 59.6 Å². The molecule has 2 aromatic carbocycles. The van der Waals surface area contributed by atoms with Crippen LogP contribution in [0.3, 0.4) is 0 Å². The van der Waals surface area contributed by atoms with Crippen molar-refractivity contribution in [2.75, 3.05) is 0 Å². The number of hydrogen-bond donors (Lipinski definition) is 1. The highest BCUT2D eigenvalue weighted by atomic mass is 19.4. The van der Waals surface area contributed by atoms with Crippen molar-refractivity contribution in [2.45, 2.75) is 18.0 Å². The molecule has 0 saturated heterocycles. The van der Waals surface area contributed by atoms with E-state index in [2.05, 4.69) is 9.47 Å². The van der Waals surface area contributed by atoms with Crippen molar-refractivity contribution in [2.24, 2.45) is 0 Å². The summed E-state index contributed by atoms with van der Waals surface area (Å²) in [5.41, 5.74) is -1.24. The van der Waals surface area contributed by atoms with E-state index in [9.17, 15) is 35.5 Å². The average molecular weight is 460 g/mol. The van der Waals surface area contributed by atoms with Crippen molar-refractivity contribution >= 4 is 29.5 Å². The van der Waals surface area contributed by atoms with E-state index in [1.54, 1.807) is 0 Å². The number of alkyl halides is 6. The summed E-state index contributed by atoms with van der Waals surface area (Å²) in [6, 6.07) is 2.39. The molecule has 0 heterocycles. The van der Waals surface area contributed by atoms with Gasteiger partial charge in [-0.15, -0.1) is 26.3 Å². The molecule has 6 radical (unpaired) electrons. The molecule has 0 saturated carbocycles. The van der Waals surface area contributed by atoms with Gasteiger partial charge < -0.3 is 24.1 Å². The lowest BCUT2D eigenvalue weighted by Gasteiger charge is -2.25. The first-order valence-electron chi connectivity index (χ1n) is 7.89. The number of benzene rings is 2. The Bertz CT molecular complexity index is 1010. The van der Waals surface area contributed by atoms with Crippen LogP contribution in [0.15, 0.2) is 30.3 Å². The van der Waals surface area contributed by atoms with Crippen LogP contribution in [-0.4, -0.2) is 52.6 Å². The summed E-state index contributed by atoms with van der Waals surface area (Å²) < 4.78 is 106. The van der Waals surface area contributed by atoms with Crippen molar-refractivity contribution in [3.05, 3.63) is 41.7 Å². The molecule has 164 valence electrons. The second-order valence-corrected chi connectivity index (χ2v) is 5.85. The van der Waals surface area contributed by atoms with Crippen LogP contribution in [0.2, 0.25) is 0 Å². The predicted octanol–water partition coefficient (Wildman–Crippen LogP) is 3.61. The Morgan fingerprint density at radius 1 is 0.781 bits per heavy atom. The van der Waals surface area contributed by atoms with E-state index in [1.165, 1.54) is 0 Å². The van der Waals surface area contributed by atoms with Crippen LogP contribution in [-0.2, 0) is 0 Å². The summed E-state index contributed by atoms with van der Waals surface area (Å²) in [5, 5.41) is 6.65.